The molecule has 0 atom stereocenters. The first-order valence-corrected chi connectivity index (χ1v) is 7.66. The first-order valence-electron chi connectivity index (χ1n) is 7.66. The fourth-order valence-electron chi connectivity index (χ4n) is 2.15. The van der Waals surface area contributed by atoms with Crippen LogP contribution in [-0.4, -0.2) is 29.8 Å². The van der Waals surface area contributed by atoms with Crippen molar-refractivity contribution in [1.29, 1.82) is 0 Å². The molecule has 0 unspecified atom stereocenters. The largest absolute Gasteiger partial charge is 0.459 e. The zero-order valence-corrected chi connectivity index (χ0v) is 13.6. The molecule has 1 aromatic heterocycles. The molecular weight excluding hydrogens is 311 g/mol. The predicted octanol–water partition coefficient (Wildman–Crippen LogP) is 3.06. The van der Waals surface area contributed by atoms with Gasteiger partial charge in [-0.15, -0.1) is 0 Å². The number of carbonyl (C=O) groups is 2. The molecule has 0 aliphatic heterocycles. The average Bonchev–Trinajstić information content (AvgIpc) is 3.12. The number of nitrogens with one attached hydrogen (secondary N) is 1. The van der Waals surface area contributed by atoms with Gasteiger partial charge in [0, 0.05) is 13.1 Å². The van der Waals surface area contributed by atoms with Crippen molar-refractivity contribution in [3.63, 3.8) is 0 Å². The lowest BCUT2D eigenvalue weighted by atomic mass is 10.1. The lowest BCUT2D eigenvalue weighted by Crippen LogP contribution is -2.38. The summed E-state index contributed by atoms with van der Waals surface area (Å²) in [6, 6.07) is 8.74. The number of furan rings is 1. The first kappa shape index (κ1) is 17.5. The van der Waals surface area contributed by atoms with Gasteiger partial charge in [-0.25, -0.2) is 4.39 Å². The molecule has 126 valence electrons. The van der Waals surface area contributed by atoms with Gasteiger partial charge >= 0.3 is 0 Å². The molecule has 5 nitrogen and oxygen atoms in total. The summed E-state index contributed by atoms with van der Waals surface area (Å²) in [5, 5.41) is 2.57. The summed E-state index contributed by atoms with van der Waals surface area (Å²) in [4.78, 5) is 26.4. The quantitative estimate of drug-likeness (QED) is 0.828. The van der Waals surface area contributed by atoms with Crippen LogP contribution in [-0.2, 0) is 4.79 Å². The molecule has 0 saturated carbocycles. The van der Waals surface area contributed by atoms with E-state index >= 15 is 0 Å². The summed E-state index contributed by atoms with van der Waals surface area (Å²) >= 11 is 0. The Labute approximate surface area is 139 Å². The molecule has 2 aromatic rings. The van der Waals surface area contributed by atoms with Gasteiger partial charge in [-0.3, -0.25) is 9.59 Å². The number of carbonyl (C=O) groups excluding carboxylic acids is 2. The number of nitrogens with zero attached hydrogens (tertiary/aromatic N) is 1. The monoisotopic (exact) mass is 330 g/mol. The van der Waals surface area contributed by atoms with E-state index in [0.29, 0.717) is 18.7 Å². The number of halogens is 1. The van der Waals surface area contributed by atoms with Crippen LogP contribution in [0.5, 0.6) is 0 Å². The molecule has 0 saturated heterocycles. The Morgan fingerprint density at radius 3 is 2.38 bits per heavy atom. The van der Waals surface area contributed by atoms with Crippen LogP contribution in [0.4, 0.5) is 4.39 Å². The molecule has 0 aliphatic carbocycles. The van der Waals surface area contributed by atoms with Gasteiger partial charge in [0.15, 0.2) is 5.76 Å². The van der Waals surface area contributed by atoms with E-state index in [2.05, 4.69) is 5.32 Å². The summed E-state index contributed by atoms with van der Waals surface area (Å²) in [5.41, 5.74) is 0.707. The molecular formula is C18H19FN2O3. The SMILES string of the molecule is CCN(CC)C(=O)/C(=C/c1ccc(F)cc1)NC(=O)c1ccco1. The summed E-state index contributed by atoms with van der Waals surface area (Å²) in [6.45, 7) is 4.72. The molecule has 0 aliphatic rings. The smallest absolute Gasteiger partial charge is 0.291 e. The molecule has 1 N–H and O–H groups in total. The van der Waals surface area contributed by atoms with E-state index in [1.165, 1.54) is 42.7 Å². The fraction of sp³-hybridized carbons (Fsp3) is 0.222. The molecule has 1 heterocycles. The Morgan fingerprint density at radius 2 is 1.83 bits per heavy atom. The average molecular weight is 330 g/mol. The standard InChI is InChI=1S/C18H19FN2O3/c1-3-21(4-2)18(23)15(12-13-7-9-14(19)10-8-13)20-17(22)16-6-5-11-24-16/h5-12H,3-4H2,1-2H3,(H,20,22)/b15-12-. The second-order valence-corrected chi connectivity index (χ2v) is 5.02. The topological polar surface area (TPSA) is 62.6 Å². The van der Waals surface area contributed by atoms with Crippen molar-refractivity contribution in [2.45, 2.75) is 13.8 Å². The number of rotatable bonds is 6. The van der Waals surface area contributed by atoms with Crippen molar-refractivity contribution in [2.24, 2.45) is 0 Å². The van der Waals surface area contributed by atoms with E-state index in [9.17, 15) is 14.0 Å². The number of hydrogen-bond donors (Lipinski definition) is 1. The van der Waals surface area contributed by atoms with Crippen LogP contribution in [0.3, 0.4) is 0 Å². The van der Waals surface area contributed by atoms with Gasteiger partial charge in [-0.05, 0) is 49.8 Å². The van der Waals surface area contributed by atoms with Crippen LogP contribution < -0.4 is 5.32 Å². The predicted molar refractivity (Wildman–Crippen MR) is 88.5 cm³/mol. The molecule has 1 aromatic carbocycles. The summed E-state index contributed by atoms with van der Waals surface area (Å²) in [7, 11) is 0. The third kappa shape index (κ3) is 4.32. The van der Waals surface area contributed by atoms with Gasteiger partial charge in [0.1, 0.15) is 11.5 Å². The van der Waals surface area contributed by atoms with E-state index in [-0.39, 0.29) is 23.2 Å². The fourth-order valence-corrected chi connectivity index (χ4v) is 2.15. The Bertz CT molecular complexity index is 717. The summed E-state index contributed by atoms with van der Waals surface area (Å²) in [6.07, 6.45) is 2.89. The van der Waals surface area contributed by atoms with Crippen LogP contribution in [0.25, 0.3) is 6.08 Å². The molecule has 2 rings (SSSR count). The molecule has 0 spiro atoms. The lowest BCUT2D eigenvalue weighted by Gasteiger charge is -2.20. The highest BCUT2D eigenvalue weighted by Crippen LogP contribution is 2.11. The minimum absolute atomic E-state index is 0.103. The van der Waals surface area contributed by atoms with Gasteiger partial charge in [0.05, 0.1) is 6.26 Å². The van der Waals surface area contributed by atoms with E-state index in [4.69, 9.17) is 4.42 Å². The lowest BCUT2D eigenvalue weighted by molar-refractivity contribution is -0.127. The van der Waals surface area contributed by atoms with Crippen molar-refractivity contribution in [3.05, 3.63) is 65.5 Å². The van der Waals surface area contributed by atoms with Crippen LogP contribution in [0, 0.1) is 5.82 Å². The summed E-state index contributed by atoms with van der Waals surface area (Å²) in [5.74, 6) is -1.10. The Kier molecular flexibility index (Phi) is 5.89. The first-order chi connectivity index (χ1) is 11.5. The highest BCUT2D eigenvalue weighted by Gasteiger charge is 2.19. The van der Waals surface area contributed by atoms with Crippen molar-refractivity contribution in [1.82, 2.24) is 10.2 Å². The highest BCUT2D eigenvalue weighted by atomic mass is 19.1. The van der Waals surface area contributed by atoms with Crippen LogP contribution in [0.1, 0.15) is 30.0 Å². The third-order valence-corrected chi connectivity index (χ3v) is 3.46. The Hall–Kier alpha value is -2.89. The number of hydrogen-bond acceptors (Lipinski definition) is 3. The van der Waals surface area contributed by atoms with E-state index in [1.54, 1.807) is 11.0 Å². The molecule has 2 amide bonds. The molecule has 24 heavy (non-hydrogen) atoms. The Balaban J connectivity index is 2.31. The maximum absolute atomic E-state index is 13.0. The second-order valence-electron chi connectivity index (χ2n) is 5.02. The second kappa shape index (κ2) is 8.10. The van der Waals surface area contributed by atoms with Crippen molar-refractivity contribution < 1.29 is 18.4 Å². The van der Waals surface area contributed by atoms with E-state index < -0.39 is 5.91 Å². The molecule has 0 bridgehead atoms. The molecule has 0 radical (unpaired) electrons. The zero-order chi connectivity index (χ0) is 17.5. The van der Waals surface area contributed by atoms with E-state index in [0.717, 1.165) is 0 Å². The van der Waals surface area contributed by atoms with Gasteiger partial charge in [0.2, 0.25) is 0 Å². The number of likely N-dealkylation sites (N-methyl/N-ethyl adjacent to an activating group) is 1. The van der Waals surface area contributed by atoms with E-state index in [1.807, 2.05) is 13.8 Å². The minimum Gasteiger partial charge on any atom is -0.459 e. The normalized spacial score (nSPS) is 11.2. The zero-order valence-electron chi connectivity index (χ0n) is 13.6. The molecule has 6 heteroatoms. The maximum atomic E-state index is 13.0. The number of benzene rings is 1. The highest BCUT2D eigenvalue weighted by molar-refractivity contribution is 6.04. The number of amides is 2. The van der Waals surface area contributed by atoms with Crippen molar-refractivity contribution >= 4 is 17.9 Å². The van der Waals surface area contributed by atoms with Crippen molar-refractivity contribution in [3.8, 4) is 0 Å². The third-order valence-electron chi connectivity index (χ3n) is 3.46. The van der Waals surface area contributed by atoms with Gasteiger partial charge in [-0.1, -0.05) is 12.1 Å². The van der Waals surface area contributed by atoms with Gasteiger partial charge in [-0.2, -0.15) is 0 Å². The Morgan fingerprint density at radius 1 is 1.17 bits per heavy atom. The van der Waals surface area contributed by atoms with Gasteiger partial charge in [0.25, 0.3) is 11.8 Å². The van der Waals surface area contributed by atoms with Crippen LogP contribution in [0.15, 0.2) is 52.8 Å². The summed E-state index contributed by atoms with van der Waals surface area (Å²) < 4.78 is 18.1. The van der Waals surface area contributed by atoms with Crippen molar-refractivity contribution in [2.75, 3.05) is 13.1 Å². The van der Waals surface area contributed by atoms with Crippen LogP contribution >= 0.6 is 0 Å². The maximum Gasteiger partial charge on any atom is 0.291 e. The minimum atomic E-state index is -0.520. The molecule has 0 fully saturated rings. The van der Waals surface area contributed by atoms with Gasteiger partial charge < -0.3 is 14.6 Å². The van der Waals surface area contributed by atoms with Crippen LogP contribution in [0.2, 0.25) is 0 Å².